The zero-order chi connectivity index (χ0) is 17.6. The van der Waals surface area contributed by atoms with Gasteiger partial charge in [0.2, 0.25) is 0 Å². The highest BCUT2D eigenvalue weighted by Crippen LogP contribution is 2.34. The summed E-state index contributed by atoms with van der Waals surface area (Å²) in [5.41, 5.74) is 0. The van der Waals surface area contributed by atoms with Crippen LogP contribution in [0, 0.1) is 0 Å². The van der Waals surface area contributed by atoms with Gasteiger partial charge in [-0.05, 0) is 18.6 Å². The highest BCUT2D eigenvalue weighted by atomic mass is 16.9. The van der Waals surface area contributed by atoms with Crippen molar-refractivity contribution in [3.63, 3.8) is 0 Å². The Labute approximate surface area is 141 Å². The molecule has 0 bridgehead atoms. The number of benzene rings is 1. The van der Waals surface area contributed by atoms with Crippen molar-refractivity contribution in [2.24, 2.45) is 0 Å². The van der Waals surface area contributed by atoms with Gasteiger partial charge in [-0.1, -0.05) is 38.0 Å². The number of aliphatic hydroxyl groups excluding tert-OH is 4. The summed E-state index contributed by atoms with van der Waals surface area (Å²) >= 11 is 0. The number of hydrogen-bond donors (Lipinski definition) is 4. The number of unbranched alkanes of at least 4 members (excludes halogenated alkanes) is 2. The van der Waals surface area contributed by atoms with Gasteiger partial charge in [-0.3, -0.25) is 0 Å². The third kappa shape index (κ3) is 4.24. The van der Waals surface area contributed by atoms with Crippen molar-refractivity contribution in [3.05, 3.63) is 30.3 Å². The number of ether oxygens (including phenoxy) is 3. The smallest absolute Gasteiger partial charge is 0.357 e. The molecule has 1 fully saturated rings. The van der Waals surface area contributed by atoms with E-state index in [9.17, 15) is 20.4 Å². The molecule has 0 amide bonds. The third-order valence-electron chi connectivity index (χ3n) is 3.97. The van der Waals surface area contributed by atoms with Crippen molar-refractivity contribution in [2.45, 2.75) is 56.6 Å². The second-order valence-electron chi connectivity index (χ2n) is 5.84. The van der Waals surface area contributed by atoms with Crippen LogP contribution in [0.25, 0.3) is 0 Å². The van der Waals surface area contributed by atoms with Crippen LogP contribution in [0.1, 0.15) is 26.2 Å². The highest BCUT2D eigenvalue weighted by molar-refractivity contribution is 5.22. The monoisotopic (exact) mass is 342 g/mol. The van der Waals surface area contributed by atoms with E-state index in [0.717, 1.165) is 19.3 Å². The van der Waals surface area contributed by atoms with Gasteiger partial charge < -0.3 is 34.6 Å². The average molecular weight is 342 g/mol. The molecule has 1 aromatic carbocycles. The first-order valence-corrected chi connectivity index (χ1v) is 8.25. The summed E-state index contributed by atoms with van der Waals surface area (Å²) < 4.78 is 16.9. The number of aliphatic hydroxyl groups is 4. The van der Waals surface area contributed by atoms with Gasteiger partial charge in [0, 0.05) is 0 Å². The van der Waals surface area contributed by atoms with Crippen LogP contribution in [-0.4, -0.2) is 64.0 Å². The molecule has 1 saturated heterocycles. The van der Waals surface area contributed by atoms with Gasteiger partial charge in [0.15, 0.2) is 6.10 Å². The van der Waals surface area contributed by atoms with Gasteiger partial charge in [-0.25, -0.2) is 0 Å². The van der Waals surface area contributed by atoms with Crippen LogP contribution < -0.4 is 4.74 Å². The Morgan fingerprint density at radius 3 is 2.42 bits per heavy atom. The number of rotatable bonds is 8. The Balaban J connectivity index is 2.23. The van der Waals surface area contributed by atoms with Crippen molar-refractivity contribution in [3.8, 4) is 5.75 Å². The first-order chi connectivity index (χ1) is 11.5. The summed E-state index contributed by atoms with van der Waals surface area (Å²) in [6.07, 6.45) is -3.18. The Morgan fingerprint density at radius 1 is 1.08 bits per heavy atom. The molecule has 0 radical (unpaired) electrons. The summed E-state index contributed by atoms with van der Waals surface area (Å²) in [6.45, 7) is 1.73. The highest BCUT2D eigenvalue weighted by Gasteiger charge is 2.57. The van der Waals surface area contributed by atoms with E-state index in [4.69, 9.17) is 14.2 Å². The van der Waals surface area contributed by atoms with Crippen molar-refractivity contribution in [1.82, 2.24) is 0 Å². The third-order valence-corrected chi connectivity index (χ3v) is 3.97. The summed E-state index contributed by atoms with van der Waals surface area (Å²) in [7, 11) is 0. The molecule has 7 heteroatoms. The topological polar surface area (TPSA) is 109 Å². The Bertz CT molecular complexity index is 481. The lowest BCUT2D eigenvalue weighted by Crippen LogP contribution is -2.68. The van der Waals surface area contributed by atoms with E-state index in [1.54, 1.807) is 30.3 Å². The molecule has 1 heterocycles. The Morgan fingerprint density at radius 2 is 1.79 bits per heavy atom. The molecule has 7 nitrogen and oxygen atoms in total. The predicted octanol–water partition coefficient (Wildman–Crippen LogP) is 0.400. The molecule has 1 aliphatic heterocycles. The molecule has 0 aliphatic carbocycles. The van der Waals surface area contributed by atoms with Gasteiger partial charge >= 0.3 is 5.97 Å². The molecule has 0 saturated carbocycles. The minimum Gasteiger partial charge on any atom is -0.437 e. The molecule has 5 atom stereocenters. The minimum absolute atomic E-state index is 0.235. The van der Waals surface area contributed by atoms with E-state index < -0.39 is 37.0 Å². The predicted molar refractivity (Wildman–Crippen MR) is 85.3 cm³/mol. The maximum atomic E-state index is 10.4. The molecule has 0 aromatic heterocycles. The van der Waals surface area contributed by atoms with Gasteiger partial charge in [-0.15, -0.1) is 0 Å². The lowest BCUT2D eigenvalue weighted by molar-refractivity contribution is -0.436. The SMILES string of the molecule is CCCCCO[C@@]1(Oc2ccccc2)O[C@H](CO)[C@@H](O)[C@H](O)[C@H]1O. The van der Waals surface area contributed by atoms with Crippen molar-refractivity contribution >= 4 is 0 Å². The average Bonchev–Trinajstić information content (AvgIpc) is 2.61. The summed E-state index contributed by atoms with van der Waals surface area (Å²) in [5.74, 6) is -1.63. The van der Waals surface area contributed by atoms with Crippen LogP contribution in [0.4, 0.5) is 0 Å². The zero-order valence-corrected chi connectivity index (χ0v) is 13.7. The fourth-order valence-electron chi connectivity index (χ4n) is 2.56. The molecule has 4 N–H and O–H groups in total. The van der Waals surface area contributed by atoms with Crippen molar-refractivity contribution < 1.29 is 34.6 Å². The Hall–Kier alpha value is -1.22. The van der Waals surface area contributed by atoms with Crippen molar-refractivity contribution in [1.29, 1.82) is 0 Å². The van der Waals surface area contributed by atoms with Crippen LogP contribution in [0.3, 0.4) is 0 Å². The molecule has 136 valence electrons. The first-order valence-electron chi connectivity index (χ1n) is 8.25. The minimum atomic E-state index is -2.00. The fraction of sp³-hybridized carbons (Fsp3) is 0.647. The molecule has 0 spiro atoms. The van der Waals surface area contributed by atoms with E-state index >= 15 is 0 Å². The number of hydrogen-bond acceptors (Lipinski definition) is 7. The quantitative estimate of drug-likeness (QED) is 0.400. The maximum absolute atomic E-state index is 10.4. The largest absolute Gasteiger partial charge is 0.437 e. The van der Waals surface area contributed by atoms with Crippen LogP contribution in [0.2, 0.25) is 0 Å². The first kappa shape index (κ1) is 19.1. The molecular weight excluding hydrogens is 316 g/mol. The van der Waals surface area contributed by atoms with E-state index in [1.807, 2.05) is 6.92 Å². The van der Waals surface area contributed by atoms with Crippen LogP contribution in [-0.2, 0) is 9.47 Å². The number of para-hydroxylation sites is 1. The fourth-order valence-corrected chi connectivity index (χ4v) is 2.56. The Kier molecular flexibility index (Phi) is 6.97. The zero-order valence-electron chi connectivity index (χ0n) is 13.7. The van der Waals surface area contributed by atoms with Crippen LogP contribution >= 0.6 is 0 Å². The van der Waals surface area contributed by atoms with E-state index in [-0.39, 0.29) is 6.61 Å². The van der Waals surface area contributed by atoms with E-state index in [1.165, 1.54) is 0 Å². The molecule has 2 rings (SSSR count). The molecular formula is C17H26O7. The van der Waals surface area contributed by atoms with Gasteiger partial charge in [-0.2, -0.15) is 0 Å². The molecule has 24 heavy (non-hydrogen) atoms. The molecule has 1 aromatic rings. The molecule has 0 unspecified atom stereocenters. The summed E-state index contributed by atoms with van der Waals surface area (Å²) in [5, 5.41) is 39.8. The second-order valence-corrected chi connectivity index (χ2v) is 5.84. The maximum Gasteiger partial charge on any atom is 0.357 e. The van der Waals surface area contributed by atoms with Gasteiger partial charge in [0.1, 0.15) is 24.1 Å². The standard InChI is InChI=1S/C17H26O7/c1-2-3-7-10-22-17(23-12-8-5-4-6-9-12)16(21)15(20)14(19)13(11-18)24-17/h4-6,8-9,13-16,18-21H,2-3,7,10-11H2,1H3/t13-,14-,15+,16-,17+/m1/s1. The normalized spacial score (nSPS) is 33.4. The van der Waals surface area contributed by atoms with Crippen molar-refractivity contribution in [2.75, 3.05) is 13.2 Å². The van der Waals surface area contributed by atoms with Crippen LogP contribution in [0.5, 0.6) is 5.75 Å². The van der Waals surface area contributed by atoms with Crippen LogP contribution in [0.15, 0.2) is 30.3 Å². The van der Waals surface area contributed by atoms with E-state index in [2.05, 4.69) is 0 Å². The summed E-state index contributed by atoms with van der Waals surface area (Å²) in [4.78, 5) is 0. The second kappa shape index (κ2) is 8.75. The van der Waals surface area contributed by atoms with Gasteiger partial charge in [0.25, 0.3) is 0 Å². The summed E-state index contributed by atoms with van der Waals surface area (Å²) in [6, 6.07) is 8.58. The van der Waals surface area contributed by atoms with E-state index in [0.29, 0.717) is 5.75 Å². The lowest BCUT2D eigenvalue weighted by Gasteiger charge is -2.46. The lowest BCUT2D eigenvalue weighted by atomic mass is 9.97. The molecule has 1 aliphatic rings. The van der Waals surface area contributed by atoms with Gasteiger partial charge in [0.05, 0.1) is 13.2 Å².